The van der Waals surface area contributed by atoms with E-state index >= 15 is 0 Å². The third-order valence-corrected chi connectivity index (χ3v) is 3.20. The number of hydrogen-bond acceptors (Lipinski definition) is 2. The van der Waals surface area contributed by atoms with Crippen molar-refractivity contribution in [3.05, 3.63) is 53.3 Å². The van der Waals surface area contributed by atoms with Gasteiger partial charge in [0.05, 0.1) is 22.9 Å². The summed E-state index contributed by atoms with van der Waals surface area (Å²) in [6.45, 7) is 0. The molecule has 0 atom stereocenters. The van der Waals surface area contributed by atoms with Crippen molar-refractivity contribution < 1.29 is 0 Å². The zero-order valence-corrected chi connectivity index (χ0v) is 10.9. The van der Waals surface area contributed by atoms with Crippen LogP contribution in [-0.2, 0) is 5.88 Å². The third kappa shape index (κ3) is 1.96. The summed E-state index contributed by atoms with van der Waals surface area (Å²) in [6.07, 6.45) is 3.30. The summed E-state index contributed by atoms with van der Waals surface area (Å²) in [7, 11) is 0. The number of nitrogens with zero attached hydrogens (tertiary/aromatic N) is 3. The van der Waals surface area contributed by atoms with E-state index in [1.165, 1.54) is 0 Å². The van der Waals surface area contributed by atoms with E-state index in [0.717, 1.165) is 22.3 Å². The molecule has 0 unspecified atom stereocenters. The maximum Gasteiger partial charge on any atom is 0.154 e. The first kappa shape index (κ1) is 11.5. The molecule has 0 aliphatic heterocycles. The van der Waals surface area contributed by atoms with Gasteiger partial charge in [-0.25, -0.2) is 9.67 Å². The first-order chi connectivity index (χ1) is 8.78. The Morgan fingerprint density at radius 2 is 2.06 bits per heavy atom. The van der Waals surface area contributed by atoms with Crippen molar-refractivity contribution in [1.82, 2.24) is 14.8 Å². The Balaban J connectivity index is 2.25. The van der Waals surface area contributed by atoms with E-state index in [0.29, 0.717) is 10.9 Å². The Hall–Kier alpha value is -1.58. The molecule has 5 heteroatoms. The van der Waals surface area contributed by atoms with Gasteiger partial charge in [0.1, 0.15) is 0 Å². The molecule has 18 heavy (non-hydrogen) atoms. The predicted octanol–water partition coefficient (Wildman–Crippen LogP) is 3.81. The van der Waals surface area contributed by atoms with Crippen LogP contribution in [0.5, 0.6) is 0 Å². The fourth-order valence-electron chi connectivity index (χ4n) is 1.89. The van der Waals surface area contributed by atoms with Gasteiger partial charge in [-0.15, -0.1) is 11.6 Å². The van der Waals surface area contributed by atoms with Crippen LogP contribution in [0.2, 0.25) is 5.02 Å². The molecular weight excluding hydrogens is 269 g/mol. The van der Waals surface area contributed by atoms with Crippen LogP contribution in [0, 0.1) is 0 Å². The smallest absolute Gasteiger partial charge is 0.154 e. The highest BCUT2D eigenvalue weighted by atomic mass is 35.5. The summed E-state index contributed by atoms with van der Waals surface area (Å²) in [5.74, 6) is 1.15. The minimum absolute atomic E-state index is 0.436. The molecule has 1 aromatic carbocycles. The molecule has 0 saturated heterocycles. The van der Waals surface area contributed by atoms with Crippen molar-refractivity contribution in [3.8, 4) is 5.82 Å². The second-order valence-corrected chi connectivity index (χ2v) is 4.60. The molecule has 0 radical (unpaired) electrons. The van der Waals surface area contributed by atoms with E-state index in [1.54, 1.807) is 17.1 Å². The van der Waals surface area contributed by atoms with Gasteiger partial charge in [-0.05, 0) is 17.7 Å². The number of pyridine rings is 1. The molecule has 0 fully saturated rings. The Bertz CT molecular complexity index is 706. The highest BCUT2D eigenvalue weighted by Gasteiger charge is 2.07. The second-order valence-electron chi connectivity index (χ2n) is 3.89. The van der Waals surface area contributed by atoms with Gasteiger partial charge >= 0.3 is 0 Å². The largest absolute Gasteiger partial charge is 0.229 e. The molecule has 0 amide bonds. The molecule has 0 bridgehead atoms. The molecule has 0 N–H and O–H groups in total. The molecule has 2 heterocycles. The Morgan fingerprint density at radius 3 is 2.78 bits per heavy atom. The number of rotatable bonds is 2. The second kappa shape index (κ2) is 4.59. The standard InChI is InChI=1S/C13H9Cl2N3/c14-6-9-5-13(18-8-10(15)7-16-18)17-12-4-2-1-3-11(9)12/h1-5,7-8H,6H2. The normalized spacial score (nSPS) is 11.0. The Morgan fingerprint density at radius 1 is 1.22 bits per heavy atom. The maximum absolute atomic E-state index is 5.99. The quantitative estimate of drug-likeness (QED) is 0.667. The van der Waals surface area contributed by atoms with Gasteiger partial charge in [-0.1, -0.05) is 29.8 Å². The number of halogens is 2. The molecule has 0 saturated carbocycles. The topological polar surface area (TPSA) is 30.7 Å². The zero-order valence-electron chi connectivity index (χ0n) is 9.35. The highest BCUT2D eigenvalue weighted by molar-refractivity contribution is 6.30. The molecular formula is C13H9Cl2N3. The van der Waals surface area contributed by atoms with Gasteiger partial charge in [0.25, 0.3) is 0 Å². The lowest BCUT2D eigenvalue weighted by Crippen LogP contribution is -2.00. The van der Waals surface area contributed by atoms with Crippen LogP contribution in [-0.4, -0.2) is 14.8 Å². The average Bonchev–Trinajstić information content (AvgIpc) is 2.84. The number of para-hydroxylation sites is 1. The number of benzene rings is 1. The van der Waals surface area contributed by atoms with E-state index in [4.69, 9.17) is 23.2 Å². The summed E-state index contributed by atoms with van der Waals surface area (Å²) in [5.41, 5.74) is 1.93. The Kier molecular flexibility index (Phi) is 2.94. The zero-order chi connectivity index (χ0) is 12.5. The van der Waals surface area contributed by atoms with E-state index in [-0.39, 0.29) is 0 Å². The maximum atomic E-state index is 5.99. The van der Waals surface area contributed by atoms with Crippen LogP contribution in [0.3, 0.4) is 0 Å². The van der Waals surface area contributed by atoms with Crippen LogP contribution in [0.25, 0.3) is 16.7 Å². The monoisotopic (exact) mass is 277 g/mol. The number of alkyl halides is 1. The molecule has 0 spiro atoms. The summed E-state index contributed by atoms with van der Waals surface area (Å²) >= 11 is 11.9. The van der Waals surface area contributed by atoms with E-state index in [2.05, 4.69) is 10.1 Å². The molecule has 2 aromatic heterocycles. The minimum atomic E-state index is 0.436. The number of fused-ring (bicyclic) bond motifs is 1. The number of aromatic nitrogens is 3. The van der Waals surface area contributed by atoms with E-state index < -0.39 is 0 Å². The first-order valence-electron chi connectivity index (χ1n) is 5.43. The molecule has 0 aliphatic carbocycles. The third-order valence-electron chi connectivity index (χ3n) is 2.72. The van der Waals surface area contributed by atoms with Gasteiger partial charge in [0.15, 0.2) is 5.82 Å². The van der Waals surface area contributed by atoms with Crippen molar-refractivity contribution >= 4 is 34.1 Å². The van der Waals surface area contributed by atoms with Crippen LogP contribution >= 0.6 is 23.2 Å². The summed E-state index contributed by atoms with van der Waals surface area (Å²) in [4.78, 5) is 4.55. The van der Waals surface area contributed by atoms with Crippen LogP contribution < -0.4 is 0 Å². The summed E-state index contributed by atoms with van der Waals surface area (Å²) < 4.78 is 1.64. The minimum Gasteiger partial charge on any atom is -0.229 e. The van der Waals surface area contributed by atoms with Crippen molar-refractivity contribution in [2.45, 2.75) is 5.88 Å². The fourth-order valence-corrected chi connectivity index (χ4v) is 2.24. The lowest BCUT2D eigenvalue weighted by atomic mass is 10.1. The molecule has 3 nitrogen and oxygen atoms in total. The number of hydrogen-bond donors (Lipinski definition) is 0. The van der Waals surface area contributed by atoms with Gasteiger partial charge in [0.2, 0.25) is 0 Å². The lowest BCUT2D eigenvalue weighted by Gasteiger charge is -2.07. The van der Waals surface area contributed by atoms with Gasteiger partial charge < -0.3 is 0 Å². The molecule has 3 rings (SSSR count). The first-order valence-corrected chi connectivity index (χ1v) is 6.34. The predicted molar refractivity (Wildman–Crippen MR) is 73.4 cm³/mol. The van der Waals surface area contributed by atoms with Crippen molar-refractivity contribution in [1.29, 1.82) is 0 Å². The fraction of sp³-hybridized carbons (Fsp3) is 0.0769. The van der Waals surface area contributed by atoms with Gasteiger partial charge in [0, 0.05) is 11.3 Å². The summed E-state index contributed by atoms with van der Waals surface area (Å²) in [6, 6.07) is 9.83. The SMILES string of the molecule is ClCc1cc(-n2cc(Cl)cn2)nc2ccccc12. The van der Waals surface area contributed by atoms with E-state index in [1.807, 2.05) is 30.3 Å². The van der Waals surface area contributed by atoms with Crippen molar-refractivity contribution in [2.24, 2.45) is 0 Å². The van der Waals surface area contributed by atoms with Crippen LogP contribution in [0.4, 0.5) is 0 Å². The van der Waals surface area contributed by atoms with Crippen molar-refractivity contribution in [3.63, 3.8) is 0 Å². The van der Waals surface area contributed by atoms with Crippen LogP contribution in [0.1, 0.15) is 5.56 Å². The van der Waals surface area contributed by atoms with E-state index in [9.17, 15) is 0 Å². The van der Waals surface area contributed by atoms with Crippen LogP contribution in [0.15, 0.2) is 42.7 Å². The van der Waals surface area contributed by atoms with Crippen molar-refractivity contribution in [2.75, 3.05) is 0 Å². The highest BCUT2D eigenvalue weighted by Crippen LogP contribution is 2.22. The van der Waals surface area contributed by atoms with Gasteiger partial charge in [-0.2, -0.15) is 5.10 Å². The molecule has 90 valence electrons. The Labute approximate surface area is 114 Å². The lowest BCUT2D eigenvalue weighted by molar-refractivity contribution is 0.851. The molecule has 3 aromatic rings. The average molecular weight is 278 g/mol. The molecule has 0 aliphatic rings. The van der Waals surface area contributed by atoms with Gasteiger partial charge in [-0.3, -0.25) is 0 Å². The summed E-state index contributed by atoms with van der Waals surface area (Å²) in [5, 5.41) is 5.79.